The van der Waals surface area contributed by atoms with Crippen molar-refractivity contribution in [3.63, 3.8) is 0 Å². The Kier molecular flexibility index (Phi) is 4.95. The number of carboxylic acids is 1. The molecule has 2 rings (SSSR count). The smallest absolute Gasteiger partial charge is 0.407 e. The Bertz CT molecular complexity index is 464. The molecule has 1 saturated heterocycles. The minimum absolute atomic E-state index is 0.0135. The second kappa shape index (κ2) is 6.91. The van der Waals surface area contributed by atoms with Gasteiger partial charge in [-0.25, -0.2) is 4.79 Å². The molecule has 0 bridgehead atoms. The number of hydrogen-bond donors (Lipinski definition) is 3. The molecule has 2 atom stereocenters. The summed E-state index contributed by atoms with van der Waals surface area (Å²) < 4.78 is 5.07. The first-order valence-electron chi connectivity index (χ1n) is 6.58. The third-order valence-electron chi connectivity index (χ3n) is 3.24. The van der Waals surface area contributed by atoms with E-state index in [1.54, 1.807) is 0 Å². The Hall–Kier alpha value is -2.08. The van der Waals surface area contributed by atoms with Gasteiger partial charge in [-0.05, 0) is 18.4 Å². The molecule has 1 aromatic rings. The zero-order valence-electron chi connectivity index (χ0n) is 11.0. The van der Waals surface area contributed by atoms with Crippen LogP contribution < -0.4 is 10.6 Å². The van der Waals surface area contributed by atoms with Gasteiger partial charge in [0.25, 0.3) is 0 Å². The fourth-order valence-electron chi connectivity index (χ4n) is 2.16. The van der Waals surface area contributed by atoms with Crippen molar-refractivity contribution in [1.29, 1.82) is 0 Å². The number of alkyl carbamates (subject to hydrolysis) is 1. The highest BCUT2D eigenvalue weighted by Crippen LogP contribution is 2.11. The van der Waals surface area contributed by atoms with E-state index in [2.05, 4.69) is 10.6 Å². The predicted molar refractivity (Wildman–Crippen MR) is 72.2 cm³/mol. The van der Waals surface area contributed by atoms with Gasteiger partial charge in [-0.15, -0.1) is 0 Å². The van der Waals surface area contributed by atoms with E-state index in [4.69, 9.17) is 9.84 Å². The zero-order valence-corrected chi connectivity index (χ0v) is 11.0. The summed E-state index contributed by atoms with van der Waals surface area (Å²) in [5.41, 5.74) is 0.924. The lowest BCUT2D eigenvalue weighted by atomic mass is 10.2. The van der Waals surface area contributed by atoms with Crippen LogP contribution in [-0.2, 0) is 16.1 Å². The lowest BCUT2D eigenvalue weighted by Gasteiger charge is -2.13. The Labute approximate surface area is 117 Å². The predicted octanol–water partition coefficient (Wildman–Crippen LogP) is 1.12. The van der Waals surface area contributed by atoms with E-state index in [1.807, 2.05) is 30.3 Å². The van der Waals surface area contributed by atoms with Crippen molar-refractivity contribution in [2.45, 2.75) is 31.5 Å². The third kappa shape index (κ3) is 4.24. The standard InChI is InChI=1S/C14H18N2O4/c17-13(18)12-7-6-11(16-12)8-15-14(19)20-9-10-4-2-1-3-5-10/h1-5,11-12,16H,6-9H2,(H,15,19)(H,17,18). The number of carbonyl (C=O) groups is 2. The van der Waals surface area contributed by atoms with Gasteiger partial charge in [0, 0.05) is 12.6 Å². The van der Waals surface area contributed by atoms with Crippen molar-refractivity contribution < 1.29 is 19.4 Å². The minimum Gasteiger partial charge on any atom is -0.480 e. The third-order valence-corrected chi connectivity index (χ3v) is 3.24. The normalized spacial score (nSPS) is 21.4. The molecule has 1 fully saturated rings. The first kappa shape index (κ1) is 14.3. The van der Waals surface area contributed by atoms with E-state index in [-0.39, 0.29) is 12.6 Å². The Morgan fingerprint density at radius 3 is 2.70 bits per heavy atom. The van der Waals surface area contributed by atoms with E-state index in [9.17, 15) is 9.59 Å². The fourth-order valence-corrected chi connectivity index (χ4v) is 2.16. The summed E-state index contributed by atoms with van der Waals surface area (Å²) >= 11 is 0. The van der Waals surface area contributed by atoms with Crippen LogP contribution >= 0.6 is 0 Å². The maximum absolute atomic E-state index is 11.5. The number of carboxylic acid groups (broad SMARTS) is 1. The van der Waals surface area contributed by atoms with Gasteiger partial charge >= 0.3 is 12.1 Å². The van der Waals surface area contributed by atoms with E-state index in [0.29, 0.717) is 13.0 Å². The quantitative estimate of drug-likeness (QED) is 0.751. The number of rotatable bonds is 5. The Morgan fingerprint density at radius 1 is 1.30 bits per heavy atom. The SMILES string of the molecule is O=C(NCC1CCC(C(=O)O)N1)OCc1ccccc1. The number of amides is 1. The molecule has 0 aromatic heterocycles. The zero-order chi connectivity index (χ0) is 14.4. The van der Waals surface area contributed by atoms with E-state index in [0.717, 1.165) is 12.0 Å². The Morgan fingerprint density at radius 2 is 2.05 bits per heavy atom. The molecule has 0 spiro atoms. The van der Waals surface area contributed by atoms with Crippen LogP contribution in [0, 0.1) is 0 Å². The number of carbonyl (C=O) groups excluding carboxylic acids is 1. The van der Waals surface area contributed by atoms with Crippen molar-refractivity contribution in [3.8, 4) is 0 Å². The van der Waals surface area contributed by atoms with Crippen LogP contribution in [0.3, 0.4) is 0 Å². The second-order valence-corrected chi connectivity index (χ2v) is 4.77. The van der Waals surface area contributed by atoms with Crippen LogP contribution in [0.1, 0.15) is 18.4 Å². The summed E-state index contributed by atoms with van der Waals surface area (Å²) in [5.74, 6) is -0.848. The highest BCUT2D eigenvalue weighted by molar-refractivity contribution is 5.74. The van der Waals surface area contributed by atoms with Gasteiger partial charge in [-0.3, -0.25) is 10.1 Å². The molecule has 3 N–H and O–H groups in total. The largest absolute Gasteiger partial charge is 0.480 e. The first-order chi connectivity index (χ1) is 9.65. The molecule has 1 aliphatic heterocycles. The molecule has 1 amide bonds. The van der Waals surface area contributed by atoms with Gasteiger partial charge in [0.2, 0.25) is 0 Å². The molecule has 6 nitrogen and oxygen atoms in total. The van der Waals surface area contributed by atoms with Gasteiger partial charge in [0.05, 0.1) is 0 Å². The van der Waals surface area contributed by atoms with Crippen molar-refractivity contribution >= 4 is 12.1 Å². The molecule has 0 aliphatic carbocycles. The summed E-state index contributed by atoms with van der Waals surface area (Å²) in [6.45, 7) is 0.597. The topological polar surface area (TPSA) is 87.7 Å². The summed E-state index contributed by atoms with van der Waals surface area (Å²) in [5, 5.41) is 14.4. The van der Waals surface area contributed by atoms with E-state index in [1.165, 1.54) is 0 Å². The van der Waals surface area contributed by atoms with E-state index < -0.39 is 18.1 Å². The summed E-state index contributed by atoms with van der Waals surface area (Å²) in [4.78, 5) is 22.3. The number of aliphatic carboxylic acids is 1. The van der Waals surface area contributed by atoms with Gasteiger partial charge in [-0.1, -0.05) is 30.3 Å². The highest BCUT2D eigenvalue weighted by Gasteiger charge is 2.28. The van der Waals surface area contributed by atoms with Crippen LogP contribution in [0.15, 0.2) is 30.3 Å². The maximum Gasteiger partial charge on any atom is 0.407 e. The molecule has 0 radical (unpaired) electrons. The van der Waals surface area contributed by atoms with Crippen molar-refractivity contribution in [2.75, 3.05) is 6.54 Å². The summed E-state index contributed by atoms with van der Waals surface area (Å²) in [6, 6.07) is 8.89. The van der Waals surface area contributed by atoms with Crippen molar-refractivity contribution in [3.05, 3.63) is 35.9 Å². The lowest BCUT2D eigenvalue weighted by molar-refractivity contribution is -0.139. The summed E-state index contributed by atoms with van der Waals surface area (Å²) in [6.07, 6.45) is 0.825. The van der Waals surface area contributed by atoms with Gasteiger partial charge in [0.1, 0.15) is 12.6 Å². The summed E-state index contributed by atoms with van der Waals surface area (Å²) in [7, 11) is 0. The Balaban J connectivity index is 1.65. The van der Waals surface area contributed by atoms with Crippen LogP contribution in [0.5, 0.6) is 0 Å². The van der Waals surface area contributed by atoms with Crippen LogP contribution in [-0.4, -0.2) is 35.8 Å². The molecule has 0 saturated carbocycles. The highest BCUT2D eigenvalue weighted by atomic mass is 16.5. The van der Waals surface area contributed by atoms with E-state index >= 15 is 0 Å². The maximum atomic E-state index is 11.5. The minimum atomic E-state index is -0.848. The van der Waals surface area contributed by atoms with Crippen molar-refractivity contribution in [1.82, 2.24) is 10.6 Å². The van der Waals surface area contributed by atoms with Crippen molar-refractivity contribution in [2.24, 2.45) is 0 Å². The molecule has 1 aromatic carbocycles. The molecule has 20 heavy (non-hydrogen) atoms. The molecule has 1 heterocycles. The monoisotopic (exact) mass is 278 g/mol. The lowest BCUT2D eigenvalue weighted by Crippen LogP contribution is -2.42. The van der Waals surface area contributed by atoms with Gasteiger partial charge in [-0.2, -0.15) is 0 Å². The molecular formula is C14H18N2O4. The van der Waals surface area contributed by atoms with Gasteiger partial charge < -0.3 is 15.2 Å². The molecule has 2 unspecified atom stereocenters. The first-order valence-corrected chi connectivity index (χ1v) is 6.58. The number of ether oxygens (including phenoxy) is 1. The van der Waals surface area contributed by atoms with Crippen LogP contribution in [0.4, 0.5) is 4.79 Å². The number of benzene rings is 1. The average Bonchev–Trinajstić information content (AvgIpc) is 2.93. The molecule has 108 valence electrons. The molecular weight excluding hydrogens is 260 g/mol. The molecule has 1 aliphatic rings. The average molecular weight is 278 g/mol. The van der Waals surface area contributed by atoms with Crippen LogP contribution in [0.25, 0.3) is 0 Å². The van der Waals surface area contributed by atoms with Gasteiger partial charge in [0.15, 0.2) is 0 Å². The number of hydrogen-bond acceptors (Lipinski definition) is 4. The van der Waals surface area contributed by atoms with Crippen LogP contribution in [0.2, 0.25) is 0 Å². The second-order valence-electron chi connectivity index (χ2n) is 4.77. The number of nitrogens with one attached hydrogen (secondary N) is 2. The fraction of sp³-hybridized carbons (Fsp3) is 0.429. The molecule has 6 heteroatoms.